The molecule has 1 aliphatic rings. The number of rotatable bonds is 7. The zero-order valence-corrected chi connectivity index (χ0v) is 22.4. The van der Waals surface area contributed by atoms with Crippen LogP contribution in [-0.2, 0) is 17.5 Å². The predicted molar refractivity (Wildman–Crippen MR) is 140 cm³/mol. The number of alkyl carbamates (subject to hydrolysis) is 1. The Morgan fingerprint density at radius 1 is 1.18 bits per heavy atom. The summed E-state index contributed by atoms with van der Waals surface area (Å²) in [5, 5.41) is 8.93. The molecule has 0 radical (unpaired) electrons. The fourth-order valence-electron chi connectivity index (χ4n) is 4.28. The number of benzene rings is 1. The summed E-state index contributed by atoms with van der Waals surface area (Å²) in [5.41, 5.74) is -0.421. The maximum Gasteiger partial charge on any atom is 0.416 e. The third-order valence-electron chi connectivity index (χ3n) is 5.88. The van der Waals surface area contributed by atoms with E-state index >= 15 is 0 Å². The third-order valence-corrected chi connectivity index (χ3v) is 6.10. The standard InChI is InChI=1S/C25H31ClF3N7O2/c1-14(38-23(37)35-24(2,3)4)13-36-20-19(12-30-21(34-20)31-17-7-5-6-8-17)33-22(36)32-18-10-15(25(27,28)29)9-16(26)11-18/h9-12,14,17H,5-8,13H2,1-4H3,(H,32,33)(H,35,37)(H,30,31,34). The molecule has 1 aliphatic carbocycles. The van der Waals surface area contributed by atoms with Crippen LogP contribution in [0.1, 0.15) is 58.9 Å². The van der Waals surface area contributed by atoms with E-state index in [4.69, 9.17) is 16.3 Å². The van der Waals surface area contributed by atoms with E-state index in [1.54, 1.807) is 17.7 Å². The summed E-state index contributed by atoms with van der Waals surface area (Å²) >= 11 is 5.97. The number of halogens is 4. The van der Waals surface area contributed by atoms with Crippen molar-refractivity contribution in [3.05, 3.63) is 35.0 Å². The molecule has 9 nitrogen and oxygen atoms in total. The van der Waals surface area contributed by atoms with Crippen LogP contribution in [0.3, 0.4) is 0 Å². The number of hydrogen-bond donors (Lipinski definition) is 3. The van der Waals surface area contributed by atoms with Gasteiger partial charge in [-0.25, -0.2) is 14.8 Å². The van der Waals surface area contributed by atoms with Gasteiger partial charge in [-0.1, -0.05) is 24.4 Å². The number of nitrogens with one attached hydrogen (secondary N) is 3. The molecule has 0 spiro atoms. The first-order chi connectivity index (χ1) is 17.8. The SMILES string of the molecule is CC(Cn1c(Nc2cc(Cl)cc(C(F)(F)F)c2)nc2cnc(NC3CCCC3)nc21)OC(=O)NC(C)(C)C. The Morgan fingerprint density at radius 2 is 1.89 bits per heavy atom. The molecule has 13 heteroatoms. The molecule has 1 unspecified atom stereocenters. The number of imidazole rings is 1. The molecule has 1 atom stereocenters. The number of carbonyl (C=O) groups is 1. The lowest BCUT2D eigenvalue weighted by Crippen LogP contribution is -2.42. The molecule has 2 heterocycles. The average molecular weight is 554 g/mol. The molecular weight excluding hydrogens is 523 g/mol. The summed E-state index contributed by atoms with van der Waals surface area (Å²) in [6, 6.07) is 3.45. The summed E-state index contributed by atoms with van der Waals surface area (Å²) in [5.74, 6) is 0.632. The van der Waals surface area contributed by atoms with Crippen molar-refractivity contribution in [2.24, 2.45) is 0 Å². The summed E-state index contributed by atoms with van der Waals surface area (Å²) in [4.78, 5) is 25.8. The number of amides is 1. The fraction of sp³-hybridized carbons (Fsp3) is 0.520. The van der Waals surface area contributed by atoms with Crippen LogP contribution in [0.25, 0.3) is 11.2 Å². The van der Waals surface area contributed by atoms with Gasteiger partial charge in [0.15, 0.2) is 5.65 Å². The quantitative estimate of drug-likeness (QED) is 0.306. The molecule has 0 saturated heterocycles. The van der Waals surface area contributed by atoms with Crippen LogP contribution in [-0.4, -0.2) is 43.3 Å². The number of hydrogen-bond acceptors (Lipinski definition) is 7. The van der Waals surface area contributed by atoms with Crippen molar-refractivity contribution in [2.75, 3.05) is 10.6 Å². The van der Waals surface area contributed by atoms with E-state index < -0.39 is 29.5 Å². The number of ether oxygens (including phenoxy) is 1. The largest absolute Gasteiger partial charge is 0.445 e. The molecule has 1 aromatic carbocycles. The van der Waals surface area contributed by atoms with Gasteiger partial charge in [0.25, 0.3) is 0 Å². The molecule has 3 N–H and O–H groups in total. The van der Waals surface area contributed by atoms with Gasteiger partial charge in [0.2, 0.25) is 11.9 Å². The predicted octanol–water partition coefficient (Wildman–Crippen LogP) is 6.51. The van der Waals surface area contributed by atoms with E-state index in [1.165, 1.54) is 6.07 Å². The molecule has 3 aromatic rings. The zero-order valence-electron chi connectivity index (χ0n) is 21.6. The lowest BCUT2D eigenvalue weighted by Gasteiger charge is -2.22. The highest BCUT2D eigenvalue weighted by atomic mass is 35.5. The van der Waals surface area contributed by atoms with Crippen LogP contribution in [0.5, 0.6) is 0 Å². The molecule has 2 aromatic heterocycles. The first-order valence-electron chi connectivity index (χ1n) is 12.4. The Labute approximate surface area is 223 Å². The van der Waals surface area contributed by atoms with Crippen molar-refractivity contribution >= 4 is 46.4 Å². The highest BCUT2D eigenvalue weighted by Crippen LogP contribution is 2.34. The Hall–Kier alpha value is -3.28. The smallest absolute Gasteiger partial charge is 0.416 e. The van der Waals surface area contributed by atoms with Crippen molar-refractivity contribution in [1.82, 2.24) is 24.8 Å². The van der Waals surface area contributed by atoms with E-state index in [0.29, 0.717) is 17.1 Å². The molecular formula is C25H31ClF3N7O2. The Kier molecular flexibility index (Phi) is 7.91. The van der Waals surface area contributed by atoms with Crippen molar-refractivity contribution in [2.45, 2.75) is 83.8 Å². The lowest BCUT2D eigenvalue weighted by molar-refractivity contribution is -0.137. The topological polar surface area (TPSA) is 106 Å². The van der Waals surface area contributed by atoms with Gasteiger partial charge in [0.1, 0.15) is 11.6 Å². The van der Waals surface area contributed by atoms with Crippen LogP contribution in [0.4, 0.5) is 35.5 Å². The number of alkyl halides is 3. The maximum absolute atomic E-state index is 13.4. The number of anilines is 3. The number of carbonyl (C=O) groups excluding carboxylic acids is 1. The van der Waals surface area contributed by atoms with E-state index in [9.17, 15) is 18.0 Å². The second-order valence-electron chi connectivity index (χ2n) is 10.5. The van der Waals surface area contributed by atoms with Gasteiger partial charge in [-0.3, -0.25) is 4.57 Å². The summed E-state index contributed by atoms with van der Waals surface area (Å²) in [7, 11) is 0. The highest BCUT2D eigenvalue weighted by Gasteiger charge is 2.31. The molecule has 1 fully saturated rings. The van der Waals surface area contributed by atoms with Crippen LogP contribution < -0.4 is 16.0 Å². The van der Waals surface area contributed by atoms with Gasteiger partial charge < -0.3 is 20.7 Å². The molecule has 0 aliphatic heterocycles. The van der Waals surface area contributed by atoms with Crippen molar-refractivity contribution < 1.29 is 22.7 Å². The van der Waals surface area contributed by atoms with Crippen molar-refractivity contribution in [3.8, 4) is 0 Å². The van der Waals surface area contributed by atoms with Gasteiger partial charge in [-0.2, -0.15) is 18.2 Å². The normalized spacial score (nSPS) is 15.5. The maximum atomic E-state index is 13.4. The highest BCUT2D eigenvalue weighted by molar-refractivity contribution is 6.31. The Morgan fingerprint density at radius 3 is 2.55 bits per heavy atom. The molecule has 1 saturated carbocycles. The number of aromatic nitrogens is 4. The molecule has 206 valence electrons. The second-order valence-corrected chi connectivity index (χ2v) is 11.0. The first-order valence-corrected chi connectivity index (χ1v) is 12.8. The molecule has 38 heavy (non-hydrogen) atoms. The summed E-state index contributed by atoms with van der Waals surface area (Å²) in [6.07, 6.45) is 0.0889. The van der Waals surface area contributed by atoms with E-state index in [2.05, 4.69) is 30.9 Å². The van der Waals surface area contributed by atoms with Crippen LogP contribution in [0.15, 0.2) is 24.4 Å². The van der Waals surface area contributed by atoms with Crippen molar-refractivity contribution in [3.63, 3.8) is 0 Å². The van der Waals surface area contributed by atoms with Gasteiger partial charge in [-0.15, -0.1) is 0 Å². The van der Waals surface area contributed by atoms with Gasteiger partial charge in [0, 0.05) is 22.3 Å². The zero-order chi connectivity index (χ0) is 27.7. The van der Waals surface area contributed by atoms with Crippen LogP contribution in [0, 0.1) is 0 Å². The minimum atomic E-state index is -4.57. The van der Waals surface area contributed by atoms with Crippen LogP contribution in [0.2, 0.25) is 5.02 Å². The molecule has 0 bridgehead atoms. The van der Waals surface area contributed by atoms with Crippen molar-refractivity contribution in [1.29, 1.82) is 0 Å². The minimum Gasteiger partial charge on any atom is -0.445 e. The molecule has 1 amide bonds. The minimum absolute atomic E-state index is 0.0802. The number of nitrogens with zero attached hydrogens (tertiary/aromatic N) is 4. The van der Waals surface area contributed by atoms with E-state index in [0.717, 1.165) is 37.8 Å². The monoisotopic (exact) mass is 553 g/mol. The van der Waals surface area contributed by atoms with Crippen LogP contribution >= 0.6 is 11.6 Å². The van der Waals surface area contributed by atoms with E-state index in [-0.39, 0.29) is 29.2 Å². The number of fused-ring (bicyclic) bond motifs is 1. The first kappa shape index (κ1) is 27.7. The fourth-order valence-corrected chi connectivity index (χ4v) is 4.51. The molecule has 4 rings (SSSR count). The lowest BCUT2D eigenvalue weighted by atomic mass is 10.1. The van der Waals surface area contributed by atoms with Gasteiger partial charge in [-0.05, 0) is 58.7 Å². The third kappa shape index (κ3) is 7.18. The second kappa shape index (κ2) is 10.8. The summed E-state index contributed by atoms with van der Waals surface area (Å²) in [6.45, 7) is 7.34. The van der Waals surface area contributed by atoms with Gasteiger partial charge >= 0.3 is 12.3 Å². The average Bonchev–Trinajstić information content (AvgIpc) is 3.39. The summed E-state index contributed by atoms with van der Waals surface area (Å²) < 4.78 is 47.3. The Bertz CT molecular complexity index is 1300. The van der Waals surface area contributed by atoms with E-state index in [1.807, 2.05) is 20.8 Å². The Balaban J connectivity index is 1.67. The van der Waals surface area contributed by atoms with Gasteiger partial charge in [0.05, 0.1) is 18.3 Å².